The van der Waals surface area contributed by atoms with Gasteiger partial charge in [0.05, 0.1) is 5.39 Å². The molecule has 0 bridgehead atoms. The van der Waals surface area contributed by atoms with E-state index in [1.54, 1.807) is 34.1 Å². The van der Waals surface area contributed by atoms with Crippen LogP contribution in [0.1, 0.15) is 10.5 Å². The maximum absolute atomic E-state index is 12.9. The van der Waals surface area contributed by atoms with E-state index in [1.807, 2.05) is 0 Å². The van der Waals surface area contributed by atoms with E-state index in [4.69, 9.17) is 4.74 Å². The van der Waals surface area contributed by atoms with Gasteiger partial charge in [-0.05, 0) is 6.07 Å². The second-order valence-corrected chi connectivity index (χ2v) is 5.93. The first-order valence-electron chi connectivity index (χ1n) is 8.05. The monoisotopic (exact) mass is 344 g/mol. The van der Waals surface area contributed by atoms with Crippen LogP contribution >= 0.6 is 0 Å². The number of carbonyl (C=O) groups excluding carboxylic acids is 2. The maximum Gasteiger partial charge on any atom is 0.275 e. The summed E-state index contributed by atoms with van der Waals surface area (Å²) in [7, 11) is 3.01. The van der Waals surface area contributed by atoms with Crippen molar-refractivity contribution in [2.24, 2.45) is 7.05 Å². The number of amides is 2. The molecule has 1 aromatic carbocycles. The number of aryl methyl sites for hydroxylation is 1. The van der Waals surface area contributed by atoms with Gasteiger partial charge in [-0.2, -0.15) is 5.10 Å². The Labute approximate surface area is 144 Å². The molecule has 25 heavy (non-hydrogen) atoms. The van der Waals surface area contributed by atoms with Crippen LogP contribution in [0, 0.1) is 0 Å². The van der Waals surface area contributed by atoms with Crippen LogP contribution in [0.3, 0.4) is 0 Å². The van der Waals surface area contributed by atoms with Crippen molar-refractivity contribution in [3.05, 3.63) is 40.3 Å². The molecule has 2 aromatic rings. The van der Waals surface area contributed by atoms with Crippen molar-refractivity contribution in [2.75, 3.05) is 39.9 Å². The van der Waals surface area contributed by atoms with E-state index in [-0.39, 0.29) is 29.7 Å². The molecule has 1 aromatic heterocycles. The first-order valence-corrected chi connectivity index (χ1v) is 8.05. The second kappa shape index (κ2) is 7.02. The van der Waals surface area contributed by atoms with Gasteiger partial charge in [-0.3, -0.25) is 14.4 Å². The number of fused-ring (bicyclic) bond motifs is 1. The molecule has 8 nitrogen and oxygen atoms in total. The Morgan fingerprint density at radius 3 is 2.32 bits per heavy atom. The minimum atomic E-state index is -0.234. The number of ether oxygens (including phenoxy) is 1. The van der Waals surface area contributed by atoms with Crippen molar-refractivity contribution in [1.29, 1.82) is 0 Å². The lowest BCUT2D eigenvalue weighted by molar-refractivity contribution is -0.136. The SMILES string of the molecule is COCC(=O)N1CCN(C(=O)c2nn(C)c(=O)c3ccccc23)CC1. The average Bonchev–Trinajstić information content (AvgIpc) is 2.64. The number of nitrogens with zero attached hydrogens (tertiary/aromatic N) is 4. The molecular weight excluding hydrogens is 324 g/mol. The number of hydrogen-bond donors (Lipinski definition) is 0. The van der Waals surface area contributed by atoms with Crippen LogP contribution < -0.4 is 5.56 Å². The molecule has 0 N–H and O–H groups in total. The highest BCUT2D eigenvalue weighted by Crippen LogP contribution is 2.16. The molecule has 132 valence electrons. The number of benzene rings is 1. The second-order valence-electron chi connectivity index (χ2n) is 5.93. The molecule has 0 aliphatic carbocycles. The van der Waals surface area contributed by atoms with Gasteiger partial charge in [0.15, 0.2) is 5.69 Å². The fourth-order valence-corrected chi connectivity index (χ4v) is 2.98. The minimum absolute atomic E-state index is 0.0426. The molecule has 3 rings (SSSR count). The van der Waals surface area contributed by atoms with Crippen LogP contribution in [0.15, 0.2) is 29.1 Å². The third-order valence-electron chi connectivity index (χ3n) is 4.35. The van der Waals surface area contributed by atoms with Crippen LogP contribution in [-0.4, -0.2) is 71.3 Å². The molecule has 0 atom stereocenters. The number of aromatic nitrogens is 2. The Hall–Kier alpha value is -2.74. The van der Waals surface area contributed by atoms with Gasteiger partial charge in [-0.1, -0.05) is 18.2 Å². The topological polar surface area (TPSA) is 84.7 Å². The summed E-state index contributed by atoms with van der Waals surface area (Å²) in [5.74, 6) is -0.314. The van der Waals surface area contributed by atoms with E-state index in [0.29, 0.717) is 37.0 Å². The summed E-state index contributed by atoms with van der Waals surface area (Å²) in [5.41, 5.74) is 0.0245. The van der Waals surface area contributed by atoms with Crippen molar-refractivity contribution in [3.63, 3.8) is 0 Å². The Morgan fingerprint density at radius 2 is 1.68 bits per heavy atom. The summed E-state index contributed by atoms with van der Waals surface area (Å²) in [6, 6.07) is 6.96. The van der Waals surface area contributed by atoms with Gasteiger partial charge in [-0.25, -0.2) is 4.68 Å². The predicted octanol–water partition coefficient (Wildman–Crippen LogP) is -0.136. The van der Waals surface area contributed by atoms with E-state index in [1.165, 1.54) is 18.8 Å². The predicted molar refractivity (Wildman–Crippen MR) is 91.3 cm³/mol. The van der Waals surface area contributed by atoms with E-state index in [2.05, 4.69) is 5.10 Å². The zero-order valence-electron chi connectivity index (χ0n) is 14.3. The summed E-state index contributed by atoms with van der Waals surface area (Å²) in [6.45, 7) is 1.80. The first-order chi connectivity index (χ1) is 12.0. The van der Waals surface area contributed by atoms with Gasteiger partial charge in [-0.15, -0.1) is 0 Å². The van der Waals surface area contributed by atoms with E-state index >= 15 is 0 Å². The summed E-state index contributed by atoms with van der Waals surface area (Å²) in [5, 5.41) is 5.19. The van der Waals surface area contributed by atoms with Gasteiger partial charge in [0, 0.05) is 45.7 Å². The van der Waals surface area contributed by atoms with Gasteiger partial charge in [0.2, 0.25) is 5.91 Å². The molecule has 8 heteroatoms. The van der Waals surface area contributed by atoms with Crippen molar-refractivity contribution < 1.29 is 14.3 Å². The Bertz CT molecular complexity index is 869. The zero-order chi connectivity index (χ0) is 18.0. The van der Waals surface area contributed by atoms with Crippen LogP contribution in [-0.2, 0) is 16.6 Å². The molecular formula is C17H20N4O4. The van der Waals surface area contributed by atoms with Crippen molar-refractivity contribution in [2.45, 2.75) is 0 Å². The van der Waals surface area contributed by atoms with Gasteiger partial charge in [0.1, 0.15) is 6.61 Å². The molecule has 1 aliphatic rings. The molecule has 1 saturated heterocycles. The van der Waals surface area contributed by atoms with Gasteiger partial charge in [0.25, 0.3) is 11.5 Å². The third kappa shape index (κ3) is 3.25. The number of hydrogen-bond acceptors (Lipinski definition) is 5. The zero-order valence-corrected chi connectivity index (χ0v) is 14.3. The molecule has 2 amide bonds. The number of methoxy groups -OCH3 is 1. The largest absolute Gasteiger partial charge is 0.375 e. The summed E-state index contributed by atoms with van der Waals surface area (Å²) in [6.07, 6.45) is 0. The first kappa shape index (κ1) is 17.1. The molecule has 0 unspecified atom stereocenters. The van der Waals surface area contributed by atoms with Crippen LogP contribution in [0.4, 0.5) is 0 Å². The average molecular weight is 344 g/mol. The Morgan fingerprint density at radius 1 is 1.08 bits per heavy atom. The van der Waals surface area contributed by atoms with Crippen molar-refractivity contribution in [1.82, 2.24) is 19.6 Å². The third-order valence-corrected chi connectivity index (χ3v) is 4.35. The van der Waals surface area contributed by atoms with E-state index < -0.39 is 0 Å². The van der Waals surface area contributed by atoms with E-state index in [0.717, 1.165) is 0 Å². The van der Waals surface area contributed by atoms with Crippen LogP contribution in [0.25, 0.3) is 10.8 Å². The van der Waals surface area contributed by atoms with E-state index in [9.17, 15) is 14.4 Å². The quantitative estimate of drug-likeness (QED) is 0.774. The van der Waals surface area contributed by atoms with Gasteiger partial charge >= 0.3 is 0 Å². The molecule has 0 saturated carbocycles. The minimum Gasteiger partial charge on any atom is -0.375 e. The number of rotatable bonds is 3. The molecule has 2 heterocycles. The normalized spacial score (nSPS) is 14.8. The van der Waals surface area contributed by atoms with Crippen molar-refractivity contribution in [3.8, 4) is 0 Å². The lowest BCUT2D eigenvalue weighted by Gasteiger charge is -2.34. The van der Waals surface area contributed by atoms with Gasteiger partial charge < -0.3 is 14.5 Å². The molecule has 0 radical (unpaired) electrons. The Balaban J connectivity index is 1.83. The fourth-order valence-electron chi connectivity index (χ4n) is 2.98. The molecule has 0 spiro atoms. The number of piperazine rings is 1. The molecule has 1 aliphatic heterocycles. The number of carbonyl (C=O) groups is 2. The highest BCUT2D eigenvalue weighted by atomic mass is 16.5. The van der Waals surface area contributed by atoms with Crippen LogP contribution in [0.2, 0.25) is 0 Å². The lowest BCUT2D eigenvalue weighted by Crippen LogP contribution is -2.51. The summed E-state index contributed by atoms with van der Waals surface area (Å²) in [4.78, 5) is 40.3. The smallest absolute Gasteiger partial charge is 0.275 e. The summed E-state index contributed by atoms with van der Waals surface area (Å²) < 4.78 is 6.05. The standard InChI is InChI=1S/C17H20N4O4/c1-19-16(23)13-6-4-3-5-12(13)15(18-19)17(24)21-9-7-20(8-10-21)14(22)11-25-2/h3-6H,7-11H2,1-2H3. The van der Waals surface area contributed by atoms with Crippen LogP contribution in [0.5, 0.6) is 0 Å². The maximum atomic E-state index is 12.9. The lowest BCUT2D eigenvalue weighted by atomic mass is 10.1. The fraction of sp³-hybridized carbons (Fsp3) is 0.412. The summed E-state index contributed by atoms with van der Waals surface area (Å²) >= 11 is 0. The van der Waals surface area contributed by atoms with Crippen molar-refractivity contribution >= 4 is 22.6 Å². The molecule has 1 fully saturated rings. The highest BCUT2D eigenvalue weighted by Gasteiger charge is 2.27. The Kier molecular flexibility index (Phi) is 4.80. The highest BCUT2D eigenvalue weighted by molar-refractivity contribution is 6.04.